The van der Waals surface area contributed by atoms with Gasteiger partial charge in [-0.3, -0.25) is 4.79 Å². The summed E-state index contributed by atoms with van der Waals surface area (Å²) >= 11 is 0. The molecular formula is C21H21NO6. The number of aliphatic carboxylic acids is 1. The van der Waals surface area contributed by atoms with Gasteiger partial charge >= 0.3 is 5.97 Å². The highest BCUT2D eigenvalue weighted by Gasteiger charge is 2.23. The number of carbonyl (C=O) groups is 2. The molecule has 28 heavy (non-hydrogen) atoms. The molecule has 146 valence electrons. The number of carboxylic acids is 1. The minimum atomic E-state index is -1.19. The predicted molar refractivity (Wildman–Crippen MR) is 102 cm³/mol. The summed E-state index contributed by atoms with van der Waals surface area (Å²) in [5, 5.41) is 12.5. The Bertz CT molecular complexity index is 993. The number of hydrogen-bond acceptors (Lipinski definition) is 5. The Hall–Kier alpha value is -3.32. The Kier molecular flexibility index (Phi) is 5.96. The largest absolute Gasteiger partial charge is 0.497 e. The number of carbonyl (C=O) groups excluding carboxylic acids is 1. The van der Waals surface area contributed by atoms with Gasteiger partial charge < -0.3 is 24.3 Å². The third-order valence-electron chi connectivity index (χ3n) is 4.19. The van der Waals surface area contributed by atoms with E-state index in [1.807, 2.05) is 31.2 Å². The van der Waals surface area contributed by atoms with E-state index < -0.39 is 17.9 Å². The van der Waals surface area contributed by atoms with Crippen molar-refractivity contribution in [3.05, 3.63) is 65.4 Å². The van der Waals surface area contributed by atoms with Gasteiger partial charge in [0.25, 0.3) is 5.91 Å². The van der Waals surface area contributed by atoms with Crippen molar-refractivity contribution in [2.45, 2.75) is 19.6 Å². The van der Waals surface area contributed by atoms with Gasteiger partial charge in [0.15, 0.2) is 11.8 Å². The fourth-order valence-electron chi connectivity index (χ4n) is 2.76. The molecule has 3 aromatic rings. The van der Waals surface area contributed by atoms with Crippen molar-refractivity contribution >= 4 is 22.8 Å². The Morgan fingerprint density at radius 1 is 1.18 bits per heavy atom. The molecule has 1 aromatic heterocycles. The standard InChI is InChI=1S/C21H21NO6/c1-13-4-3-5-14(8-13)11-27-12-17(21(24)25)22-20(23)19-10-15-9-16(26-2)6-7-18(15)28-19/h3-10,17H,11-12H2,1-2H3,(H,22,23)(H,24,25). The van der Waals surface area contributed by atoms with E-state index in [4.69, 9.17) is 13.9 Å². The van der Waals surface area contributed by atoms with E-state index in [0.29, 0.717) is 16.7 Å². The van der Waals surface area contributed by atoms with Crippen molar-refractivity contribution in [1.82, 2.24) is 5.32 Å². The first-order valence-electron chi connectivity index (χ1n) is 8.71. The van der Waals surface area contributed by atoms with E-state index in [0.717, 1.165) is 11.1 Å². The Morgan fingerprint density at radius 2 is 2.00 bits per heavy atom. The number of furan rings is 1. The highest BCUT2D eigenvalue weighted by molar-refractivity contribution is 5.98. The maximum absolute atomic E-state index is 12.4. The van der Waals surface area contributed by atoms with Gasteiger partial charge in [-0.25, -0.2) is 4.79 Å². The van der Waals surface area contributed by atoms with Crippen LogP contribution in [0.5, 0.6) is 5.75 Å². The Labute approximate surface area is 161 Å². The van der Waals surface area contributed by atoms with Crippen molar-refractivity contribution in [3.63, 3.8) is 0 Å². The minimum Gasteiger partial charge on any atom is -0.497 e. The van der Waals surface area contributed by atoms with Crippen molar-refractivity contribution in [2.24, 2.45) is 0 Å². The molecule has 0 bridgehead atoms. The number of amides is 1. The molecule has 2 aromatic carbocycles. The van der Waals surface area contributed by atoms with Crippen molar-refractivity contribution in [3.8, 4) is 5.75 Å². The number of hydrogen-bond donors (Lipinski definition) is 2. The number of methoxy groups -OCH3 is 1. The van der Waals surface area contributed by atoms with Gasteiger partial charge in [0.2, 0.25) is 0 Å². The average Bonchev–Trinajstić information content (AvgIpc) is 3.10. The van der Waals surface area contributed by atoms with Crippen LogP contribution < -0.4 is 10.1 Å². The zero-order valence-corrected chi connectivity index (χ0v) is 15.6. The van der Waals surface area contributed by atoms with E-state index in [-0.39, 0.29) is 19.0 Å². The van der Waals surface area contributed by atoms with Crippen molar-refractivity contribution in [1.29, 1.82) is 0 Å². The van der Waals surface area contributed by atoms with Gasteiger partial charge in [0.1, 0.15) is 11.3 Å². The molecule has 1 atom stereocenters. The second kappa shape index (κ2) is 8.58. The molecule has 3 rings (SSSR count). The normalized spacial score (nSPS) is 11.9. The highest BCUT2D eigenvalue weighted by atomic mass is 16.5. The molecule has 1 unspecified atom stereocenters. The molecule has 0 radical (unpaired) electrons. The summed E-state index contributed by atoms with van der Waals surface area (Å²) in [7, 11) is 1.54. The SMILES string of the molecule is COc1ccc2oc(C(=O)NC(COCc3cccc(C)c3)C(=O)O)cc2c1. The van der Waals surface area contributed by atoms with Gasteiger partial charge in [-0.15, -0.1) is 0 Å². The van der Waals surface area contributed by atoms with Crippen LogP contribution in [0.4, 0.5) is 0 Å². The smallest absolute Gasteiger partial charge is 0.328 e. The third kappa shape index (κ3) is 4.69. The topological polar surface area (TPSA) is 98.0 Å². The number of benzene rings is 2. The van der Waals surface area contributed by atoms with Crippen LogP contribution >= 0.6 is 0 Å². The number of aryl methyl sites for hydroxylation is 1. The van der Waals surface area contributed by atoms with E-state index in [9.17, 15) is 14.7 Å². The van der Waals surface area contributed by atoms with Gasteiger partial charge in [-0.05, 0) is 36.8 Å². The first-order valence-corrected chi connectivity index (χ1v) is 8.71. The quantitative estimate of drug-likeness (QED) is 0.620. The molecule has 0 aliphatic rings. The van der Waals surface area contributed by atoms with Gasteiger partial charge in [0, 0.05) is 5.39 Å². The molecule has 1 amide bonds. The van der Waals surface area contributed by atoms with Crippen LogP contribution in [0.3, 0.4) is 0 Å². The van der Waals surface area contributed by atoms with Crippen molar-refractivity contribution < 1.29 is 28.6 Å². The van der Waals surface area contributed by atoms with Gasteiger partial charge in [-0.2, -0.15) is 0 Å². The Balaban J connectivity index is 1.63. The molecular weight excluding hydrogens is 362 g/mol. The summed E-state index contributed by atoms with van der Waals surface area (Å²) in [4.78, 5) is 23.9. The van der Waals surface area contributed by atoms with Gasteiger partial charge in [-0.1, -0.05) is 29.8 Å². The highest BCUT2D eigenvalue weighted by Crippen LogP contribution is 2.24. The van der Waals surface area contributed by atoms with E-state index in [2.05, 4.69) is 5.32 Å². The zero-order chi connectivity index (χ0) is 20.1. The van der Waals surface area contributed by atoms with Gasteiger partial charge in [0.05, 0.1) is 20.3 Å². The molecule has 1 heterocycles. The molecule has 2 N–H and O–H groups in total. The van der Waals surface area contributed by atoms with E-state index >= 15 is 0 Å². The second-order valence-electron chi connectivity index (χ2n) is 6.38. The summed E-state index contributed by atoms with van der Waals surface area (Å²) < 4.78 is 16.1. The lowest BCUT2D eigenvalue weighted by Crippen LogP contribution is -2.43. The van der Waals surface area contributed by atoms with Crippen LogP contribution in [0, 0.1) is 6.92 Å². The molecule has 0 spiro atoms. The van der Waals surface area contributed by atoms with E-state index in [1.165, 1.54) is 0 Å². The summed E-state index contributed by atoms with van der Waals surface area (Å²) in [5.74, 6) is -1.15. The lowest BCUT2D eigenvalue weighted by Gasteiger charge is -2.14. The molecule has 7 nitrogen and oxygen atoms in total. The maximum Gasteiger partial charge on any atom is 0.328 e. The molecule has 0 saturated carbocycles. The molecule has 0 fully saturated rings. The van der Waals surface area contributed by atoms with Crippen LogP contribution in [-0.4, -0.2) is 36.7 Å². The second-order valence-corrected chi connectivity index (χ2v) is 6.38. The zero-order valence-electron chi connectivity index (χ0n) is 15.6. The third-order valence-corrected chi connectivity index (χ3v) is 4.19. The fraction of sp³-hybridized carbons (Fsp3) is 0.238. The number of ether oxygens (including phenoxy) is 2. The van der Waals surface area contributed by atoms with Crippen molar-refractivity contribution in [2.75, 3.05) is 13.7 Å². The lowest BCUT2D eigenvalue weighted by atomic mass is 10.1. The Morgan fingerprint density at radius 3 is 2.71 bits per heavy atom. The summed E-state index contributed by atoms with van der Waals surface area (Å²) in [6.07, 6.45) is 0. The van der Waals surface area contributed by atoms with Crippen LogP contribution in [0.15, 0.2) is 52.9 Å². The van der Waals surface area contributed by atoms with Crippen LogP contribution in [0.25, 0.3) is 11.0 Å². The van der Waals surface area contributed by atoms with Crippen LogP contribution in [-0.2, 0) is 16.1 Å². The van der Waals surface area contributed by atoms with E-state index in [1.54, 1.807) is 31.4 Å². The fourth-order valence-corrected chi connectivity index (χ4v) is 2.76. The number of carboxylic acid groups (broad SMARTS) is 1. The number of fused-ring (bicyclic) bond motifs is 1. The van der Waals surface area contributed by atoms with Crippen LogP contribution in [0.1, 0.15) is 21.7 Å². The monoisotopic (exact) mass is 383 g/mol. The maximum atomic E-state index is 12.4. The molecule has 0 aliphatic carbocycles. The lowest BCUT2D eigenvalue weighted by molar-refractivity contribution is -0.141. The first-order chi connectivity index (χ1) is 13.5. The summed E-state index contributed by atoms with van der Waals surface area (Å²) in [6.45, 7) is 2.06. The van der Waals surface area contributed by atoms with Crippen LogP contribution in [0.2, 0.25) is 0 Å². The minimum absolute atomic E-state index is 0.0215. The molecule has 0 aliphatic heterocycles. The average molecular weight is 383 g/mol. The molecule has 7 heteroatoms. The predicted octanol–water partition coefficient (Wildman–Crippen LogP) is 3.15. The first kappa shape index (κ1) is 19.4. The molecule has 0 saturated heterocycles. The number of rotatable bonds is 8. The summed E-state index contributed by atoms with van der Waals surface area (Å²) in [5.41, 5.74) is 2.53. The number of nitrogens with one attached hydrogen (secondary N) is 1. The summed E-state index contributed by atoms with van der Waals surface area (Å²) in [6, 6.07) is 13.2.